The third-order valence-electron chi connectivity index (χ3n) is 2.67. The Bertz CT molecular complexity index is 668. The van der Waals surface area contributed by atoms with Gasteiger partial charge in [-0.3, -0.25) is 4.79 Å². The molecule has 1 heterocycles. The molecule has 0 unspecified atom stereocenters. The SMILES string of the molecule is Cc1cc(NC(=O)[C@H](C)Sc2ccccc2C(=O)O)no1. The van der Waals surface area contributed by atoms with E-state index in [-0.39, 0.29) is 11.5 Å². The molecule has 0 aliphatic carbocycles. The second-order valence-electron chi connectivity index (χ2n) is 4.37. The number of hydrogen-bond acceptors (Lipinski definition) is 5. The molecule has 0 bridgehead atoms. The standard InChI is InChI=1S/C14H14N2O4S/c1-8-7-12(16-20-8)15-13(17)9(2)21-11-6-4-3-5-10(11)14(18)19/h3-7,9H,1-2H3,(H,18,19)(H,15,16,17)/t9-/m0/s1. The lowest BCUT2D eigenvalue weighted by molar-refractivity contribution is -0.115. The molecule has 0 aliphatic rings. The highest BCUT2D eigenvalue weighted by molar-refractivity contribution is 8.00. The summed E-state index contributed by atoms with van der Waals surface area (Å²) < 4.78 is 4.86. The molecule has 0 spiro atoms. The van der Waals surface area contributed by atoms with Gasteiger partial charge < -0.3 is 14.9 Å². The van der Waals surface area contributed by atoms with Crippen LogP contribution in [0.4, 0.5) is 5.82 Å². The summed E-state index contributed by atoms with van der Waals surface area (Å²) in [7, 11) is 0. The fraction of sp³-hybridized carbons (Fsp3) is 0.214. The number of amides is 1. The minimum Gasteiger partial charge on any atom is -0.478 e. The van der Waals surface area contributed by atoms with E-state index in [1.54, 1.807) is 38.1 Å². The second kappa shape index (κ2) is 6.45. The van der Waals surface area contributed by atoms with Gasteiger partial charge in [0, 0.05) is 11.0 Å². The van der Waals surface area contributed by atoms with E-state index in [0.29, 0.717) is 16.5 Å². The average Bonchev–Trinajstić information content (AvgIpc) is 2.84. The Morgan fingerprint density at radius 3 is 2.71 bits per heavy atom. The Morgan fingerprint density at radius 2 is 2.10 bits per heavy atom. The monoisotopic (exact) mass is 306 g/mol. The van der Waals surface area contributed by atoms with Crippen LogP contribution in [0.3, 0.4) is 0 Å². The fourth-order valence-electron chi connectivity index (χ4n) is 1.64. The fourth-order valence-corrected chi connectivity index (χ4v) is 2.63. The number of rotatable bonds is 5. The number of carbonyl (C=O) groups is 2. The predicted octanol–water partition coefficient (Wildman–Crippen LogP) is 2.80. The van der Waals surface area contributed by atoms with E-state index >= 15 is 0 Å². The van der Waals surface area contributed by atoms with Gasteiger partial charge in [-0.2, -0.15) is 0 Å². The molecule has 0 saturated carbocycles. The molecule has 1 amide bonds. The van der Waals surface area contributed by atoms with E-state index in [1.807, 2.05) is 0 Å². The van der Waals surface area contributed by atoms with Gasteiger partial charge in [0.05, 0.1) is 10.8 Å². The molecule has 0 radical (unpaired) electrons. The van der Waals surface area contributed by atoms with Gasteiger partial charge in [-0.1, -0.05) is 17.3 Å². The number of thioether (sulfide) groups is 1. The Morgan fingerprint density at radius 1 is 1.38 bits per heavy atom. The minimum absolute atomic E-state index is 0.180. The highest BCUT2D eigenvalue weighted by atomic mass is 32.2. The number of benzene rings is 1. The van der Waals surface area contributed by atoms with Crippen molar-refractivity contribution < 1.29 is 19.2 Å². The van der Waals surface area contributed by atoms with Crippen LogP contribution in [-0.4, -0.2) is 27.4 Å². The second-order valence-corrected chi connectivity index (χ2v) is 5.76. The van der Waals surface area contributed by atoms with Gasteiger partial charge in [0.1, 0.15) is 5.76 Å². The first-order valence-electron chi connectivity index (χ1n) is 6.20. The summed E-state index contributed by atoms with van der Waals surface area (Å²) >= 11 is 1.18. The number of carboxylic acids is 1. The van der Waals surface area contributed by atoms with Crippen molar-refractivity contribution in [3.05, 3.63) is 41.7 Å². The third kappa shape index (κ3) is 3.85. The van der Waals surface area contributed by atoms with E-state index < -0.39 is 11.2 Å². The number of carbonyl (C=O) groups excluding carboxylic acids is 1. The molecule has 2 rings (SSSR count). The van der Waals surface area contributed by atoms with Crippen LogP contribution in [0, 0.1) is 6.92 Å². The normalized spacial score (nSPS) is 11.9. The maximum atomic E-state index is 12.0. The van der Waals surface area contributed by atoms with Gasteiger partial charge in [-0.25, -0.2) is 4.79 Å². The summed E-state index contributed by atoms with van der Waals surface area (Å²) in [6.07, 6.45) is 0. The van der Waals surface area contributed by atoms with Gasteiger partial charge in [0.15, 0.2) is 5.82 Å². The molecule has 110 valence electrons. The molecule has 2 aromatic rings. The highest BCUT2D eigenvalue weighted by Crippen LogP contribution is 2.27. The number of aromatic carboxylic acids is 1. The quantitative estimate of drug-likeness (QED) is 0.825. The van der Waals surface area contributed by atoms with E-state index in [9.17, 15) is 9.59 Å². The Labute approximate surface area is 125 Å². The Hall–Kier alpha value is -2.28. The molecule has 6 nitrogen and oxygen atoms in total. The lowest BCUT2D eigenvalue weighted by Gasteiger charge is -2.12. The van der Waals surface area contributed by atoms with Crippen LogP contribution in [0.5, 0.6) is 0 Å². The van der Waals surface area contributed by atoms with Gasteiger partial charge in [0.25, 0.3) is 0 Å². The van der Waals surface area contributed by atoms with Crippen LogP contribution >= 0.6 is 11.8 Å². The number of aryl methyl sites for hydroxylation is 1. The molecular weight excluding hydrogens is 292 g/mol. The lowest BCUT2D eigenvalue weighted by Crippen LogP contribution is -2.22. The zero-order valence-electron chi connectivity index (χ0n) is 11.5. The predicted molar refractivity (Wildman–Crippen MR) is 78.6 cm³/mol. The average molecular weight is 306 g/mol. The first-order valence-corrected chi connectivity index (χ1v) is 7.08. The van der Waals surface area contributed by atoms with Crippen molar-refractivity contribution in [3.8, 4) is 0 Å². The van der Waals surface area contributed by atoms with Crippen molar-refractivity contribution >= 4 is 29.5 Å². The topological polar surface area (TPSA) is 92.4 Å². The van der Waals surface area contributed by atoms with Gasteiger partial charge in [0.2, 0.25) is 5.91 Å². The summed E-state index contributed by atoms with van der Waals surface area (Å²) in [5.41, 5.74) is 0.180. The maximum absolute atomic E-state index is 12.0. The van der Waals surface area contributed by atoms with Gasteiger partial charge in [-0.15, -0.1) is 11.8 Å². The zero-order chi connectivity index (χ0) is 15.4. The van der Waals surface area contributed by atoms with Crippen molar-refractivity contribution in [2.24, 2.45) is 0 Å². The summed E-state index contributed by atoms with van der Waals surface area (Å²) in [5.74, 6) is -0.343. The Kier molecular flexibility index (Phi) is 4.64. The molecule has 7 heteroatoms. The minimum atomic E-state index is -1.02. The van der Waals surface area contributed by atoms with Crippen LogP contribution in [0.15, 0.2) is 39.8 Å². The van der Waals surface area contributed by atoms with E-state index in [2.05, 4.69) is 10.5 Å². The molecule has 1 atom stereocenters. The number of carboxylic acid groups (broad SMARTS) is 1. The third-order valence-corrected chi connectivity index (χ3v) is 3.85. The number of nitrogens with one attached hydrogen (secondary N) is 1. The molecule has 0 fully saturated rings. The number of aromatic nitrogens is 1. The van der Waals surface area contributed by atoms with Gasteiger partial charge in [-0.05, 0) is 26.0 Å². The summed E-state index contributed by atoms with van der Waals surface area (Å²) in [5, 5.41) is 14.9. The molecule has 0 aliphatic heterocycles. The smallest absolute Gasteiger partial charge is 0.336 e. The van der Waals surface area contributed by atoms with Crippen LogP contribution in [0.25, 0.3) is 0 Å². The van der Waals surface area contributed by atoms with Crippen LogP contribution < -0.4 is 5.32 Å². The largest absolute Gasteiger partial charge is 0.478 e. The van der Waals surface area contributed by atoms with Crippen LogP contribution in [-0.2, 0) is 4.79 Å². The van der Waals surface area contributed by atoms with Crippen LogP contribution in [0.2, 0.25) is 0 Å². The molecule has 1 aromatic heterocycles. The van der Waals surface area contributed by atoms with Crippen molar-refractivity contribution in [1.29, 1.82) is 0 Å². The molecule has 21 heavy (non-hydrogen) atoms. The van der Waals surface area contributed by atoms with Crippen LogP contribution in [0.1, 0.15) is 23.0 Å². The lowest BCUT2D eigenvalue weighted by atomic mass is 10.2. The summed E-state index contributed by atoms with van der Waals surface area (Å²) in [6, 6.07) is 8.19. The molecule has 1 aromatic carbocycles. The van der Waals surface area contributed by atoms with Crippen molar-refractivity contribution in [3.63, 3.8) is 0 Å². The number of nitrogens with zero attached hydrogens (tertiary/aromatic N) is 1. The van der Waals surface area contributed by atoms with Crippen molar-refractivity contribution in [1.82, 2.24) is 5.16 Å². The van der Waals surface area contributed by atoms with Crippen molar-refractivity contribution in [2.45, 2.75) is 24.0 Å². The molecule has 0 saturated heterocycles. The summed E-state index contributed by atoms with van der Waals surface area (Å²) in [6.45, 7) is 3.43. The van der Waals surface area contributed by atoms with E-state index in [4.69, 9.17) is 9.63 Å². The van der Waals surface area contributed by atoms with E-state index in [1.165, 1.54) is 17.8 Å². The zero-order valence-corrected chi connectivity index (χ0v) is 12.3. The maximum Gasteiger partial charge on any atom is 0.336 e. The highest BCUT2D eigenvalue weighted by Gasteiger charge is 2.19. The first kappa shape index (κ1) is 15.1. The first-order chi connectivity index (χ1) is 9.97. The van der Waals surface area contributed by atoms with Gasteiger partial charge >= 0.3 is 5.97 Å². The molecular formula is C14H14N2O4S. The van der Waals surface area contributed by atoms with Crippen molar-refractivity contribution in [2.75, 3.05) is 5.32 Å². The Balaban J connectivity index is 2.05. The van der Waals surface area contributed by atoms with E-state index in [0.717, 1.165) is 0 Å². The number of anilines is 1. The number of hydrogen-bond donors (Lipinski definition) is 2. The molecule has 2 N–H and O–H groups in total. The summed E-state index contributed by atoms with van der Waals surface area (Å²) in [4.78, 5) is 23.7.